The van der Waals surface area contributed by atoms with Crippen LogP contribution >= 0.6 is 0 Å². The van der Waals surface area contributed by atoms with E-state index < -0.39 is 6.29 Å². The molecule has 1 aromatic carbocycles. The van der Waals surface area contributed by atoms with Gasteiger partial charge in [-0.3, -0.25) is 4.79 Å². The maximum atomic E-state index is 11.8. The summed E-state index contributed by atoms with van der Waals surface area (Å²) in [5, 5.41) is 9.85. The minimum absolute atomic E-state index is 0.300. The molecule has 0 radical (unpaired) electrons. The lowest BCUT2D eigenvalue weighted by Crippen LogP contribution is -2.19. The second kappa shape index (κ2) is 18.4. The van der Waals surface area contributed by atoms with Crippen LogP contribution in [0, 0.1) is 0 Å². The highest BCUT2D eigenvalue weighted by atomic mass is 16.6. The van der Waals surface area contributed by atoms with Gasteiger partial charge in [-0.15, -0.1) is 0 Å². The number of ether oxygens (including phenoxy) is 1. The van der Waals surface area contributed by atoms with Crippen molar-refractivity contribution in [1.82, 2.24) is 0 Å². The van der Waals surface area contributed by atoms with Gasteiger partial charge in [0.2, 0.25) is 6.29 Å². The first kappa shape index (κ1) is 25.4. The van der Waals surface area contributed by atoms with Crippen molar-refractivity contribution in [2.75, 3.05) is 0 Å². The van der Waals surface area contributed by atoms with E-state index in [1.165, 1.54) is 64.2 Å². The van der Waals surface area contributed by atoms with Crippen LogP contribution in [0.1, 0.15) is 102 Å². The van der Waals surface area contributed by atoms with Gasteiger partial charge in [0.1, 0.15) is 0 Å². The number of hydrogen-bond acceptors (Lipinski definition) is 3. The summed E-state index contributed by atoms with van der Waals surface area (Å²) in [6.07, 6.45) is 20.4. The summed E-state index contributed by atoms with van der Waals surface area (Å²) < 4.78 is 5.08. The lowest BCUT2D eigenvalue weighted by atomic mass is 10.1. The quantitative estimate of drug-likeness (QED) is 0.123. The Bertz CT molecular complexity index is 524. The molecular weight excluding hydrogens is 360 g/mol. The van der Waals surface area contributed by atoms with Gasteiger partial charge in [-0.2, -0.15) is 0 Å². The summed E-state index contributed by atoms with van der Waals surface area (Å²) in [7, 11) is 0. The molecule has 0 aliphatic rings. The Morgan fingerprint density at radius 2 is 1.41 bits per heavy atom. The van der Waals surface area contributed by atoms with Crippen LogP contribution < -0.4 is 0 Å². The highest BCUT2D eigenvalue weighted by molar-refractivity contribution is 5.69. The molecule has 0 saturated heterocycles. The number of rotatable bonds is 18. The molecule has 0 aliphatic heterocycles. The minimum Gasteiger partial charge on any atom is -0.436 e. The van der Waals surface area contributed by atoms with E-state index in [9.17, 15) is 9.90 Å². The van der Waals surface area contributed by atoms with Gasteiger partial charge in [0, 0.05) is 12.8 Å². The van der Waals surface area contributed by atoms with E-state index in [0.717, 1.165) is 24.8 Å². The van der Waals surface area contributed by atoms with Crippen molar-refractivity contribution in [3.63, 3.8) is 0 Å². The molecule has 3 nitrogen and oxygen atoms in total. The molecule has 1 unspecified atom stereocenters. The number of carbonyl (C=O) groups excluding carboxylic acids is 1. The maximum Gasteiger partial charge on any atom is 0.308 e. The van der Waals surface area contributed by atoms with Crippen molar-refractivity contribution in [2.45, 2.75) is 110 Å². The number of allylic oxidation sites excluding steroid dienone is 2. The average molecular weight is 403 g/mol. The molecular formula is C26H42O3. The van der Waals surface area contributed by atoms with Gasteiger partial charge < -0.3 is 9.84 Å². The van der Waals surface area contributed by atoms with Crippen molar-refractivity contribution in [3.8, 4) is 0 Å². The molecule has 0 fully saturated rings. The number of aliphatic hydroxyl groups is 1. The summed E-state index contributed by atoms with van der Waals surface area (Å²) in [5.41, 5.74) is 0.967. The lowest BCUT2D eigenvalue weighted by molar-refractivity contribution is -0.167. The van der Waals surface area contributed by atoms with Crippen LogP contribution in [0.5, 0.6) is 0 Å². The van der Waals surface area contributed by atoms with Crippen LogP contribution in [0.2, 0.25) is 0 Å². The van der Waals surface area contributed by atoms with E-state index in [4.69, 9.17) is 4.74 Å². The monoisotopic (exact) mass is 402 g/mol. The summed E-state index contributed by atoms with van der Waals surface area (Å²) in [6.45, 7) is 2.26. The Kier molecular flexibility index (Phi) is 16.2. The zero-order valence-corrected chi connectivity index (χ0v) is 18.5. The van der Waals surface area contributed by atoms with Crippen molar-refractivity contribution < 1.29 is 14.6 Å². The molecule has 1 N–H and O–H groups in total. The van der Waals surface area contributed by atoms with Crippen LogP contribution in [-0.4, -0.2) is 17.4 Å². The average Bonchev–Trinajstić information content (AvgIpc) is 2.71. The lowest BCUT2D eigenvalue weighted by Gasteiger charge is -2.12. The van der Waals surface area contributed by atoms with Crippen molar-refractivity contribution in [2.24, 2.45) is 0 Å². The first-order valence-electron chi connectivity index (χ1n) is 11.8. The molecule has 3 heteroatoms. The van der Waals surface area contributed by atoms with Gasteiger partial charge in [-0.1, -0.05) is 101 Å². The molecule has 29 heavy (non-hydrogen) atoms. The SMILES string of the molecule is CCCCCCCC/C=C\CCCCCCCC(=O)OC(O)Cc1ccccc1. The Morgan fingerprint density at radius 1 is 0.862 bits per heavy atom. The van der Waals surface area contributed by atoms with Crippen LogP contribution in [0.25, 0.3) is 0 Å². The highest BCUT2D eigenvalue weighted by Crippen LogP contribution is 2.11. The Hall–Kier alpha value is -1.61. The Balaban J connectivity index is 1.87. The largest absolute Gasteiger partial charge is 0.436 e. The molecule has 0 aromatic heterocycles. The van der Waals surface area contributed by atoms with Gasteiger partial charge in [0.15, 0.2) is 0 Å². The molecule has 1 aromatic rings. The predicted molar refractivity (Wildman–Crippen MR) is 122 cm³/mol. The second-order valence-corrected chi connectivity index (χ2v) is 7.97. The number of benzene rings is 1. The van der Waals surface area contributed by atoms with E-state index in [2.05, 4.69) is 19.1 Å². The predicted octanol–water partition coefficient (Wildman–Crippen LogP) is 7.13. The second-order valence-electron chi connectivity index (χ2n) is 7.97. The van der Waals surface area contributed by atoms with Crippen LogP contribution in [0.15, 0.2) is 42.5 Å². The fourth-order valence-corrected chi connectivity index (χ4v) is 3.41. The fourth-order valence-electron chi connectivity index (χ4n) is 3.41. The van der Waals surface area contributed by atoms with Crippen molar-refractivity contribution >= 4 is 5.97 Å². The third kappa shape index (κ3) is 15.9. The van der Waals surface area contributed by atoms with Gasteiger partial charge in [0.25, 0.3) is 0 Å². The highest BCUT2D eigenvalue weighted by Gasteiger charge is 2.11. The van der Waals surface area contributed by atoms with Crippen LogP contribution in [0.4, 0.5) is 0 Å². The number of aliphatic hydroxyl groups excluding tert-OH is 1. The molecule has 1 rings (SSSR count). The first-order chi connectivity index (χ1) is 14.2. The first-order valence-corrected chi connectivity index (χ1v) is 11.8. The molecule has 1 atom stereocenters. The Labute approximate surface area is 178 Å². The molecule has 164 valence electrons. The normalized spacial score (nSPS) is 12.3. The Morgan fingerprint density at radius 3 is 2.03 bits per heavy atom. The van der Waals surface area contributed by atoms with Crippen molar-refractivity contribution in [1.29, 1.82) is 0 Å². The minimum atomic E-state index is -1.05. The van der Waals surface area contributed by atoms with E-state index in [1.807, 2.05) is 30.3 Å². The topological polar surface area (TPSA) is 46.5 Å². The van der Waals surface area contributed by atoms with E-state index >= 15 is 0 Å². The number of unbranched alkanes of at least 4 members (excludes halogenated alkanes) is 11. The van der Waals surface area contributed by atoms with Gasteiger partial charge >= 0.3 is 5.97 Å². The van der Waals surface area contributed by atoms with Gasteiger partial charge in [0.05, 0.1) is 0 Å². The van der Waals surface area contributed by atoms with E-state index in [1.54, 1.807) is 0 Å². The molecule has 0 aliphatic carbocycles. The van der Waals surface area contributed by atoms with Gasteiger partial charge in [-0.25, -0.2) is 0 Å². The zero-order chi connectivity index (χ0) is 21.0. The summed E-state index contributed by atoms with van der Waals surface area (Å²) in [4.78, 5) is 11.8. The molecule has 0 bridgehead atoms. The van der Waals surface area contributed by atoms with E-state index in [-0.39, 0.29) is 5.97 Å². The van der Waals surface area contributed by atoms with E-state index in [0.29, 0.717) is 12.8 Å². The number of esters is 1. The maximum absolute atomic E-state index is 11.8. The van der Waals surface area contributed by atoms with Crippen molar-refractivity contribution in [3.05, 3.63) is 48.0 Å². The molecule has 0 heterocycles. The standard InChI is InChI=1S/C26H42O3/c1-2-3-4-5-6-7-8-9-10-11-12-13-14-15-19-22-25(27)29-26(28)23-24-20-17-16-18-21-24/h9-10,16-18,20-21,26,28H,2-8,11-15,19,22-23H2,1H3/b10-9-. The van der Waals surface area contributed by atoms with Crippen LogP contribution in [-0.2, 0) is 16.0 Å². The van der Waals surface area contributed by atoms with Crippen LogP contribution in [0.3, 0.4) is 0 Å². The molecule has 0 amide bonds. The summed E-state index contributed by atoms with van der Waals surface area (Å²) in [5.74, 6) is -0.300. The third-order valence-electron chi connectivity index (χ3n) is 5.16. The molecule has 0 spiro atoms. The third-order valence-corrected chi connectivity index (χ3v) is 5.16. The summed E-state index contributed by atoms with van der Waals surface area (Å²) in [6, 6.07) is 9.58. The fraction of sp³-hybridized carbons (Fsp3) is 0.654. The zero-order valence-electron chi connectivity index (χ0n) is 18.5. The number of hydrogen-bond donors (Lipinski definition) is 1. The molecule has 0 saturated carbocycles. The number of carbonyl (C=O) groups is 1. The smallest absolute Gasteiger partial charge is 0.308 e. The van der Waals surface area contributed by atoms with Gasteiger partial charge in [-0.05, 0) is 37.7 Å². The summed E-state index contributed by atoms with van der Waals surface area (Å²) >= 11 is 0.